The van der Waals surface area contributed by atoms with Gasteiger partial charge in [-0.05, 0) is 19.3 Å². The molecule has 0 bridgehead atoms. The second kappa shape index (κ2) is 4.75. The van der Waals surface area contributed by atoms with Gasteiger partial charge in [0.2, 0.25) is 0 Å². The molecule has 0 amide bonds. The van der Waals surface area contributed by atoms with Crippen LogP contribution in [0.15, 0.2) is 0 Å². The summed E-state index contributed by atoms with van der Waals surface area (Å²) < 4.78 is 9.89. The van der Waals surface area contributed by atoms with E-state index in [1.165, 1.54) is 0 Å². The summed E-state index contributed by atoms with van der Waals surface area (Å²) in [5.74, 6) is -0.457. The van der Waals surface area contributed by atoms with Crippen molar-refractivity contribution in [1.82, 2.24) is 0 Å². The molecule has 0 rings (SSSR count). The summed E-state index contributed by atoms with van der Waals surface area (Å²) in [7, 11) is 0. The Morgan fingerprint density at radius 1 is 1.21 bits per heavy atom. The zero-order valence-corrected chi connectivity index (χ0v) is 9.59. The van der Waals surface area contributed by atoms with E-state index in [2.05, 4.69) is 0 Å². The minimum atomic E-state index is -1.08. The van der Waals surface area contributed by atoms with Gasteiger partial charge in [0.05, 0.1) is 6.61 Å². The van der Waals surface area contributed by atoms with Crippen molar-refractivity contribution in [3.8, 4) is 0 Å². The molecule has 4 heteroatoms. The maximum Gasteiger partial charge on any atom is 0.337 e. The van der Waals surface area contributed by atoms with E-state index < -0.39 is 18.4 Å². The molecule has 0 unspecified atom stereocenters. The van der Waals surface area contributed by atoms with Crippen molar-refractivity contribution in [2.75, 3.05) is 13.4 Å². The van der Waals surface area contributed by atoms with Gasteiger partial charge in [-0.1, -0.05) is 20.8 Å². The molecule has 0 aromatic carbocycles. The lowest BCUT2D eigenvalue weighted by Crippen LogP contribution is -2.38. The second-order valence-corrected chi connectivity index (χ2v) is 4.92. The molecule has 14 heavy (non-hydrogen) atoms. The average Bonchev–Trinajstić information content (AvgIpc) is 1.98. The maximum atomic E-state index is 11.4. The Morgan fingerprint density at radius 3 is 2.07 bits per heavy atom. The van der Waals surface area contributed by atoms with E-state index in [1.807, 2.05) is 20.8 Å². The molecule has 0 spiro atoms. The van der Waals surface area contributed by atoms with Gasteiger partial charge in [-0.2, -0.15) is 0 Å². The summed E-state index contributed by atoms with van der Waals surface area (Å²) >= 11 is 0. The zero-order chi connectivity index (χ0) is 11.4. The number of carbonyl (C=O) groups is 1. The third kappa shape index (κ3) is 5.19. The highest BCUT2D eigenvalue weighted by Crippen LogP contribution is 2.16. The minimum Gasteiger partial charge on any atom is -0.463 e. The number of esters is 1. The van der Waals surface area contributed by atoms with Gasteiger partial charge in [0.1, 0.15) is 6.79 Å². The van der Waals surface area contributed by atoms with E-state index in [0.717, 1.165) is 0 Å². The number of carbonyl (C=O) groups excluding carboxylic acids is 1. The average molecular weight is 204 g/mol. The Morgan fingerprint density at radius 2 is 1.71 bits per heavy atom. The van der Waals surface area contributed by atoms with Crippen LogP contribution in [0.3, 0.4) is 0 Å². The Bertz CT molecular complexity index is 191. The van der Waals surface area contributed by atoms with Crippen LogP contribution in [0.1, 0.15) is 34.6 Å². The fraction of sp³-hybridized carbons (Fsp3) is 0.900. The molecule has 0 radical (unpaired) electrons. The maximum absolute atomic E-state index is 11.4. The van der Waals surface area contributed by atoms with E-state index in [1.54, 1.807) is 13.8 Å². The quantitative estimate of drug-likeness (QED) is 0.554. The molecule has 0 aliphatic heterocycles. The first kappa shape index (κ1) is 13.4. The highest BCUT2D eigenvalue weighted by molar-refractivity contribution is 5.78. The van der Waals surface area contributed by atoms with E-state index in [-0.39, 0.29) is 5.41 Å². The molecule has 0 aliphatic rings. The molecule has 0 aromatic rings. The van der Waals surface area contributed by atoms with Crippen molar-refractivity contribution in [2.45, 2.75) is 40.2 Å². The molecule has 0 saturated heterocycles. The normalized spacial score (nSPS) is 12.7. The monoisotopic (exact) mass is 204 g/mol. The zero-order valence-electron chi connectivity index (χ0n) is 9.59. The number of hydrogen-bond acceptors (Lipinski definition) is 4. The van der Waals surface area contributed by atoms with Gasteiger partial charge in [-0.25, -0.2) is 4.79 Å². The van der Waals surface area contributed by atoms with Crippen molar-refractivity contribution < 1.29 is 19.4 Å². The topological polar surface area (TPSA) is 55.8 Å². The van der Waals surface area contributed by atoms with Gasteiger partial charge in [0.25, 0.3) is 0 Å². The minimum absolute atomic E-state index is 0.0645. The van der Waals surface area contributed by atoms with E-state index >= 15 is 0 Å². The molecule has 0 atom stereocenters. The first-order valence-electron chi connectivity index (χ1n) is 4.61. The molecular weight excluding hydrogens is 184 g/mol. The first-order chi connectivity index (χ1) is 6.19. The van der Waals surface area contributed by atoms with Crippen molar-refractivity contribution >= 4 is 5.97 Å². The molecule has 4 nitrogen and oxygen atoms in total. The molecular formula is C10H20O4. The summed E-state index contributed by atoms with van der Waals surface area (Å²) in [5, 5.41) is 8.55. The second-order valence-electron chi connectivity index (χ2n) is 4.92. The van der Waals surface area contributed by atoms with Crippen LogP contribution in [0.5, 0.6) is 0 Å². The van der Waals surface area contributed by atoms with Crippen LogP contribution in [0.25, 0.3) is 0 Å². The van der Waals surface area contributed by atoms with Gasteiger partial charge < -0.3 is 14.6 Å². The smallest absolute Gasteiger partial charge is 0.337 e. The molecule has 0 aromatic heterocycles. The highest BCUT2D eigenvalue weighted by Gasteiger charge is 2.31. The highest BCUT2D eigenvalue weighted by atomic mass is 16.6. The van der Waals surface area contributed by atoms with Gasteiger partial charge in [-0.3, -0.25) is 0 Å². The fourth-order valence-corrected chi connectivity index (χ4v) is 0.676. The van der Waals surface area contributed by atoms with Crippen LogP contribution >= 0.6 is 0 Å². The standard InChI is InChI=1S/C10H20O4/c1-9(2,3)6-13-8(12)10(4,5)14-7-11/h11H,6-7H2,1-5H3. The van der Waals surface area contributed by atoms with Crippen LogP contribution in [0.4, 0.5) is 0 Å². The summed E-state index contributed by atoms with van der Waals surface area (Å²) in [5.41, 5.74) is -1.15. The molecule has 0 saturated carbocycles. The van der Waals surface area contributed by atoms with Crippen molar-refractivity contribution in [1.29, 1.82) is 0 Å². The van der Waals surface area contributed by atoms with E-state index in [4.69, 9.17) is 14.6 Å². The summed E-state index contributed by atoms with van der Waals surface area (Å²) in [4.78, 5) is 11.4. The van der Waals surface area contributed by atoms with Gasteiger partial charge in [0, 0.05) is 0 Å². The van der Waals surface area contributed by atoms with Crippen LogP contribution in [-0.4, -0.2) is 30.1 Å². The lowest BCUT2D eigenvalue weighted by Gasteiger charge is -2.25. The molecule has 0 fully saturated rings. The number of rotatable bonds is 4. The third-order valence-corrected chi connectivity index (χ3v) is 1.55. The van der Waals surface area contributed by atoms with Crippen LogP contribution in [0.2, 0.25) is 0 Å². The van der Waals surface area contributed by atoms with Crippen LogP contribution in [0, 0.1) is 5.41 Å². The van der Waals surface area contributed by atoms with Crippen molar-refractivity contribution in [3.63, 3.8) is 0 Å². The molecule has 84 valence electrons. The Kier molecular flexibility index (Phi) is 4.55. The number of aliphatic hydroxyl groups excluding tert-OH is 1. The van der Waals surface area contributed by atoms with Gasteiger partial charge in [-0.15, -0.1) is 0 Å². The SMILES string of the molecule is CC(C)(C)COC(=O)C(C)(C)OCO. The fourth-order valence-electron chi connectivity index (χ4n) is 0.676. The Balaban J connectivity index is 4.08. The van der Waals surface area contributed by atoms with Crippen molar-refractivity contribution in [2.24, 2.45) is 5.41 Å². The van der Waals surface area contributed by atoms with E-state index in [0.29, 0.717) is 6.61 Å². The lowest BCUT2D eigenvalue weighted by molar-refractivity contribution is -0.180. The van der Waals surface area contributed by atoms with Crippen molar-refractivity contribution in [3.05, 3.63) is 0 Å². The third-order valence-electron chi connectivity index (χ3n) is 1.55. The van der Waals surface area contributed by atoms with Gasteiger partial charge in [0.15, 0.2) is 5.60 Å². The Hall–Kier alpha value is -0.610. The molecule has 1 N–H and O–H groups in total. The molecule has 0 heterocycles. The lowest BCUT2D eigenvalue weighted by atomic mass is 9.98. The predicted octanol–water partition coefficient (Wildman–Crippen LogP) is 1.32. The Labute approximate surface area is 85.2 Å². The molecule has 0 aliphatic carbocycles. The van der Waals surface area contributed by atoms with Gasteiger partial charge >= 0.3 is 5.97 Å². The number of ether oxygens (including phenoxy) is 2. The number of hydrogen-bond donors (Lipinski definition) is 1. The van der Waals surface area contributed by atoms with E-state index in [9.17, 15) is 4.79 Å². The van der Waals surface area contributed by atoms with Crippen LogP contribution in [-0.2, 0) is 14.3 Å². The first-order valence-corrected chi connectivity index (χ1v) is 4.61. The largest absolute Gasteiger partial charge is 0.463 e. The van der Waals surface area contributed by atoms with Crippen LogP contribution < -0.4 is 0 Å². The number of aliphatic hydroxyl groups is 1. The summed E-state index contributed by atoms with van der Waals surface area (Å²) in [6, 6.07) is 0. The summed E-state index contributed by atoms with van der Waals surface area (Å²) in [6.07, 6.45) is 0. The predicted molar refractivity (Wildman–Crippen MR) is 52.7 cm³/mol. The summed E-state index contributed by atoms with van der Waals surface area (Å²) in [6.45, 7) is 8.89.